The van der Waals surface area contributed by atoms with E-state index in [4.69, 9.17) is 0 Å². The first kappa shape index (κ1) is 9.86. The summed E-state index contributed by atoms with van der Waals surface area (Å²) >= 11 is 0. The van der Waals surface area contributed by atoms with E-state index in [1.54, 1.807) is 5.67 Å². The molecule has 0 saturated heterocycles. The van der Waals surface area contributed by atoms with Gasteiger partial charge in [0, 0.05) is 16.9 Å². The highest BCUT2D eigenvalue weighted by Crippen LogP contribution is 2.11. The standard InChI is InChI=1S/C6H19PSi2/c1-8(5-7)6-9(2,3)4/h8H,5-7H2,1-4H3. The maximum Gasteiger partial charge on any atom is 0.0414 e. The molecule has 0 heterocycles. The molecule has 0 aliphatic heterocycles. The first-order valence-corrected chi connectivity index (χ1v) is 11.0. The van der Waals surface area contributed by atoms with Gasteiger partial charge in [-0.25, -0.2) is 0 Å². The monoisotopic (exact) mass is 178 g/mol. The normalized spacial score (nSPS) is 15.7. The van der Waals surface area contributed by atoms with Crippen LogP contribution < -0.4 is 0 Å². The minimum absolute atomic E-state index is 0.282. The largest absolute Gasteiger partial charge is 0.141 e. The van der Waals surface area contributed by atoms with Crippen molar-refractivity contribution in [1.82, 2.24) is 0 Å². The van der Waals surface area contributed by atoms with Gasteiger partial charge < -0.3 is 0 Å². The van der Waals surface area contributed by atoms with Crippen LogP contribution in [0.5, 0.6) is 0 Å². The molecule has 0 N–H and O–H groups in total. The van der Waals surface area contributed by atoms with Crippen LogP contribution in [0.25, 0.3) is 0 Å². The van der Waals surface area contributed by atoms with Crippen molar-refractivity contribution < 1.29 is 0 Å². The third-order valence-electron chi connectivity index (χ3n) is 1.36. The number of hydrogen-bond acceptors (Lipinski definition) is 0. The molecule has 0 aromatic rings. The summed E-state index contributed by atoms with van der Waals surface area (Å²) in [5, 5.41) is 0. The Morgan fingerprint density at radius 2 is 1.78 bits per heavy atom. The third kappa shape index (κ3) is 6.75. The number of hydrogen-bond donors (Lipinski definition) is 0. The molecule has 0 radical (unpaired) electrons. The van der Waals surface area contributed by atoms with E-state index in [2.05, 4.69) is 35.4 Å². The van der Waals surface area contributed by atoms with Crippen LogP contribution in [0, 0.1) is 0 Å². The third-order valence-corrected chi connectivity index (χ3v) is 12.3. The molecule has 56 valence electrons. The van der Waals surface area contributed by atoms with Gasteiger partial charge in [-0.15, -0.1) is 9.24 Å². The fraction of sp³-hybridized carbons (Fsp3) is 1.00. The maximum atomic E-state index is 2.88. The van der Waals surface area contributed by atoms with E-state index in [-0.39, 0.29) is 8.80 Å². The predicted molar refractivity (Wildman–Crippen MR) is 55.7 cm³/mol. The molecule has 0 aromatic heterocycles. The Labute approximate surface area is 64.3 Å². The lowest BCUT2D eigenvalue weighted by molar-refractivity contribution is 1.58. The Morgan fingerprint density at radius 1 is 1.33 bits per heavy atom. The highest BCUT2D eigenvalue weighted by atomic mass is 31.0. The second kappa shape index (κ2) is 3.89. The second-order valence-corrected chi connectivity index (χ2v) is 15.0. The van der Waals surface area contributed by atoms with Gasteiger partial charge in [0.05, 0.1) is 0 Å². The van der Waals surface area contributed by atoms with Gasteiger partial charge >= 0.3 is 0 Å². The fourth-order valence-corrected chi connectivity index (χ4v) is 11.7. The molecule has 0 amide bonds. The van der Waals surface area contributed by atoms with Crippen molar-refractivity contribution in [2.45, 2.75) is 31.9 Å². The van der Waals surface area contributed by atoms with E-state index in [0.717, 1.165) is 0 Å². The highest BCUT2D eigenvalue weighted by Gasteiger charge is 2.16. The van der Waals surface area contributed by atoms with Gasteiger partial charge in [-0.2, -0.15) is 0 Å². The molecule has 0 aromatic carbocycles. The summed E-state index contributed by atoms with van der Waals surface area (Å²) in [7, 11) is 1.91. The van der Waals surface area contributed by atoms with Crippen LogP contribution in [0.2, 0.25) is 31.9 Å². The fourth-order valence-electron chi connectivity index (χ4n) is 1.13. The number of rotatable bonds is 3. The van der Waals surface area contributed by atoms with E-state index < -0.39 is 8.07 Å². The zero-order valence-electron chi connectivity index (χ0n) is 7.07. The minimum Gasteiger partial charge on any atom is -0.141 e. The molecule has 0 aliphatic rings. The van der Waals surface area contributed by atoms with E-state index in [0.29, 0.717) is 0 Å². The molecule has 0 spiro atoms. The molecular weight excluding hydrogens is 159 g/mol. The molecule has 0 aliphatic carbocycles. The van der Waals surface area contributed by atoms with Crippen molar-refractivity contribution in [3.63, 3.8) is 0 Å². The van der Waals surface area contributed by atoms with E-state index >= 15 is 0 Å². The molecule has 0 nitrogen and oxygen atoms in total. The van der Waals surface area contributed by atoms with Crippen LogP contribution in [0.1, 0.15) is 0 Å². The Kier molecular flexibility index (Phi) is 4.27. The first-order chi connectivity index (χ1) is 3.95. The average Bonchev–Trinajstić information content (AvgIpc) is 1.62. The summed E-state index contributed by atoms with van der Waals surface area (Å²) in [5.41, 5.74) is 1.61. The Balaban J connectivity index is 3.47. The topological polar surface area (TPSA) is 0 Å². The van der Waals surface area contributed by atoms with Crippen molar-refractivity contribution in [2.75, 3.05) is 5.79 Å². The van der Waals surface area contributed by atoms with Crippen LogP contribution >= 0.6 is 9.24 Å². The molecule has 3 heteroatoms. The molecular formula is C6H19PSi2. The Morgan fingerprint density at radius 3 is 1.89 bits per heavy atom. The van der Waals surface area contributed by atoms with Crippen LogP contribution in [-0.2, 0) is 0 Å². The van der Waals surface area contributed by atoms with Crippen molar-refractivity contribution >= 4 is 26.1 Å². The summed E-state index contributed by atoms with van der Waals surface area (Å²) in [6.07, 6.45) is 0. The van der Waals surface area contributed by atoms with Crippen molar-refractivity contribution in [2.24, 2.45) is 0 Å². The van der Waals surface area contributed by atoms with Gasteiger partial charge in [-0.3, -0.25) is 0 Å². The van der Waals surface area contributed by atoms with Crippen LogP contribution in [0.3, 0.4) is 0 Å². The highest BCUT2D eigenvalue weighted by molar-refractivity contribution is 7.22. The van der Waals surface area contributed by atoms with Crippen molar-refractivity contribution in [1.29, 1.82) is 0 Å². The molecule has 2 unspecified atom stereocenters. The Bertz CT molecular complexity index is 77.6. The van der Waals surface area contributed by atoms with E-state index in [1.165, 1.54) is 5.79 Å². The van der Waals surface area contributed by atoms with E-state index in [9.17, 15) is 0 Å². The Hall–Kier alpha value is 0.864. The molecule has 0 fully saturated rings. The minimum atomic E-state index is -0.693. The molecule has 0 bridgehead atoms. The van der Waals surface area contributed by atoms with Crippen LogP contribution in [-0.4, -0.2) is 22.7 Å². The van der Waals surface area contributed by atoms with E-state index in [1.807, 2.05) is 0 Å². The van der Waals surface area contributed by atoms with Crippen LogP contribution in [0.4, 0.5) is 0 Å². The SMILES string of the molecule is C[SiH](CP)C[Si](C)(C)C. The average molecular weight is 178 g/mol. The molecule has 0 saturated carbocycles. The summed E-state index contributed by atoms with van der Waals surface area (Å²) in [6.45, 7) is 9.88. The zero-order chi connectivity index (χ0) is 7.49. The quantitative estimate of drug-likeness (QED) is 0.459. The summed E-state index contributed by atoms with van der Waals surface area (Å²) in [5.74, 6) is 1.41. The lowest BCUT2D eigenvalue weighted by Crippen LogP contribution is -2.28. The van der Waals surface area contributed by atoms with Gasteiger partial charge in [0.25, 0.3) is 0 Å². The van der Waals surface area contributed by atoms with Gasteiger partial charge in [0.15, 0.2) is 0 Å². The molecule has 9 heavy (non-hydrogen) atoms. The second-order valence-electron chi connectivity index (χ2n) is 4.11. The lowest BCUT2D eigenvalue weighted by atomic mass is 11.7. The van der Waals surface area contributed by atoms with Crippen LogP contribution in [0.15, 0.2) is 0 Å². The van der Waals surface area contributed by atoms with Gasteiger partial charge in [-0.05, 0) is 5.79 Å². The first-order valence-electron chi connectivity index (χ1n) is 3.66. The summed E-state index contributed by atoms with van der Waals surface area (Å²) < 4.78 is 0. The predicted octanol–water partition coefficient (Wildman–Crippen LogP) is 2.13. The summed E-state index contributed by atoms with van der Waals surface area (Å²) in [4.78, 5) is 0. The smallest absolute Gasteiger partial charge is 0.0414 e. The maximum absolute atomic E-state index is 2.88. The zero-order valence-corrected chi connectivity index (χ0v) is 10.4. The van der Waals surface area contributed by atoms with Gasteiger partial charge in [0.1, 0.15) is 0 Å². The van der Waals surface area contributed by atoms with Gasteiger partial charge in [0.2, 0.25) is 0 Å². The lowest BCUT2D eigenvalue weighted by Gasteiger charge is -2.18. The van der Waals surface area contributed by atoms with Crippen molar-refractivity contribution in [3.8, 4) is 0 Å². The van der Waals surface area contributed by atoms with Crippen molar-refractivity contribution in [3.05, 3.63) is 0 Å². The molecule has 0 rings (SSSR count). The summed E-state index contributed by atoms with van der Waals surface area (Å²) in [6, 6.07) is 0. The van der Waals surface area contributed by atoms with Gasteiger partial charge in [-0.1, -0.05) is 31.9 Å². The molecule has 2 atom stereocenters.